The van der Waals surface area contributed by atoms with Crippen molar-refractivity contribution in [2.24, 2.45) is 0 Å². The second kappa shape index (κ2) is 7.88. The van der Waals surface area contributed by atoms with Gasteiger partial charge in [0.05, 0.1) is 11.7 Å². The molecule has 0 heterocycles. The molecule has 28 heavy (non-hydrogen) atoms. The van der Waals surface area contributed by atoms with Crippen LogP contribution >= 0.6 is 0 Å². The van der Waals surface area contributed by atoms with Crippen LogP contribution in [-0.2, 0) is 10.3 Å². The first-order valence-electron chi connectivity index (χ1n) is 9.56. The number of aliphatic hydroxyl groups is 1. The molecular formula is C23H29F3O2. The molecule has 0 bridgehead atoms. The molecule has 0 aliphatic rings. The van der Waals surface area contributed by atoms with Crippen LogP contribution in [0.25, 0.3) is 16.3 Å². The van der Waals surface area contributed by atoms with Crippen LogP contribution in [0.5, 0.6) is 0 Å². The van der Waals surface area contributed by atoms with E-state index in [1.807, 2.05) is 57.2 Å². The summed E-state index contributed by atoms with van der Waals surface area (Å²) in [5.41, 5.74) is -1.17. The fourth-order valence-electron chi connectivity index (χ4n) is 3.61. The largest absolute Gasteiger partial charge is 0.419 e. The summed E-state index contributed by atoms with van der Waals surface area (Å²) in [7, 11) is 0. The van der Waals surface area contributed by atoms with Gasteiger partial charge in [-0.2, -0.15) is 13.2 Å². The summed E-state index contributed by atoms with van der Waals surface area (Å²) < 4.78 is 46.0. The smallest absolute Gasteiger partial charge is 0.379 e. The summed E-state index contributed by atoms with van der Waals surface area (Å²) in [5, 5.41) is 12.0. The van der Waals surface area contributed by atoms with E-state index in [2.05, 4.69) is 6.58 Å². The maximum absolute atomic E-state index is 13.3. The highest BCUT2D eigenvalue weighted by Gasteiger charge is 2.55. The molecule has 1 N–H and O–H groups in total. The van der Waals surface area contributed by atoms with E-state index >= 15 is 0 Å². The van der Waals surface area contributed by atoms with Crippen molar-refractivity contribution >= 4 is 16.3 Å². The predicted molar refractivity (Wildman–Crippen MR) is 108 cm³/mol. The van der Waals surface area contributed by atoms with Crippen LogP contribution in [0.15, 0.2) is 43.0 Å². The van der Waals surface area contributed by atoms with Gasteiger partial charge in [-0.1, -0.05) is 62.4 Å². The van der Waals surface area contributed by atoms with Crippen molar-refractivity contribution in [1.82, 2.24) is 0 Å². The van der Waals surface area contributed by atoms with Crippen LogP contribution in [0, 0.1) is 0 Å². The first-order valence-corrected chi connectivity index (χ1v) is 9.56. The number of alkyl halides is 3. The summed E-state index contributed by atoms with van der Waals surface area (Å²) in [5.74, 6) is 0. The van der Waals surface area contributed by atoms with Gasteiger partial charge in [-0.25, -0.2) is 0 Å². The van der Waals surface area contributed by atoms with Crippen LogP contribution in [0.1, 0.15) is 58.6 Å². The van der Waals surface area contributed by atoms with Gasteiger partial charge >= 0.3 is 6.18 Å². The lowest BCUT2D eigenvalue weighted by Crippen LogP contribution is -2.54. The molecule has 2 aromatic carbocycles. The van der Waals surface area contributed by atoms with Crippen molar-refractivity contribution in [1.29, 1.82) is 0 Å². The van der Waals surface area contributed by atoms with Gasteiger partial charge in [-0.3, -0.25) is 0 Å². The number of hydrogen-bond acceptors (Lipinski definition) is 2. The summed E-state index contributed by atoms with van der Waals surface area (Å²) >= 11 is 0. The Morgan fingerprint density at radius 2 is 1.61 bits per heavy atom. The molecule has 2 aromatic rings. The Hall–Kier alpha value is -1.85. The second-order valence-corrected chi connectivity index (χ2v) is 7.59. The standard InChI is InChI=1S/C23H29F3O2/c1-7-22(8-2,28-16(5)21(6,27)23(24,25)26)20-14-13-17(15(3)4)18-11-9-10-12-19(18)20/h9-14,16,27H,3,7-8H2,1-2,4-6H3. The highest BCUT2D eigenvalue weighted by Crippen LogP contribution is 2.43. The first kappa shape index (κ1) is 22.4. The third-order valence-corrected chi connectivity index (χ3v) is 5.78. The Bertz CT molecular complexity index is 849. The average molecular weight is 394 g/mol. The Kier molecular flexibility index (Phi) is 6.31. The third-order valence-electron chi connectivity index (χ3n) is 5.78. The molecule has 154 valence electrons. The number of hydrogen-bond donors (Lipinski definition) is 1. The summed E-state index contributed by atoms with van der Waals surface area (Å²) in [6.07, 6.45) is -5.28. The lowest BCUT2D eigenvalue weighted by molar-refractivity contribution is -0.301. The van der Waals surface area contributed by atoms with Crippen molar-refractivity contribution in [2.75, 3.05) is 0 Å². The number of fused-ring (bicyclic) bond motifs is 1. The molecule has 0 saturated heterocycles. The topological polar surface area (TPSA) is 29.5 Å². The van der Waals surface area contributed by atoms with Gasteiger partial charge in [0.2, 0.25) is 0 Å². The van der Waals surface area contributed by atoms with Gasteiger partial charge in [0.15, 0.2) is 5.60 Å². The zero-order valence-electron chi connectivity index (χ0n) is 17.2. The number of halogens is 3. The van der Waals surface area contributed by atoms with Crippen LogP contribution in [-0.4, -0.2) is 23.0 Å². The first-order chi connectivity index (χ1) is 12.9. The zero-order valence-corrected chi connectivity index (χ0v) is 17.2. The average Bonchev–Trinajstić information content (AvgIpc) is 2.64. The molecule has 2 unspecified atom stereocenters. The number of rotatable bonds is 7. The molecule has 0 aliphatic carbocycles. The molecule has 5 heteroatoms. The van der Waals surface area contributed by atoms with E-state index in [4.69, 9.17) is 4.74 Å². The molecule has 0 aliphatic heterocycles. The van der Waals surface area contributed by atoms with Gasteiger partial charge in [0.1, 0.15) is 0 Å². The number of benzene rings is 2. The fourth-order valence-corrected chi connectivity index (χ4v) is 3.61. The molecule has 0 radical (unpaired) electrons. The minimum Gasteiger partial charge on any atom is -0.379 e. The maximum Gasteiger partial charge on any atom is 0.419 e. The lowest BCUT2D eigenvalue weighted by Gasteiger charge is -2.41. The van der Waals surface area contributed by atoms with E-state index in [0.29, 0.717) is 12.8 Å². The van der Waals surface area contributed by atoms with Crippen LogP contribution in [0.2, 0.25) is 0 Å². The van der Waals surface area contributed by atoms with E-state index in [0.717, 1.165) is 34.4 Å². The predicted octanol–water partition coefficient (Wildman–Crippen LogP) is 6.61. The maximum atomic E-state index is 13.3. The molecule has 0 saturated carbocycles. The molecule has 0 spiro atoms. The van der Waals surface area contributed by atoms with E-state index in [9.17, 15) is 18.3 Å². The Morgan fingerprint density at radius 3 is 2.07 bits per heavy atom. The molecule has 0 amide bonds. The Labute approximate surface area is 165 Å². The lowest BCUT2D eigenvalue weighted by atomic mass is 9.82. The molecule has 2 nitrogen and oxygen atoms in total. The van der Waals surface area contributed by atoms with Crippen molar-refractivity contribution in [3.63, 3.8) is 0 Å². The fraction of sp³-hybridized carbons (Fsp3) is 0.478. The van der Waals surface area contributed by atoms with Gasteiger partial charge in [0, 0.05) is 0 Å². The van der Waals surface area contributed by atoms with Crippen molar-refractivity contribution in [3.8, 4) is 0 Å². The Balaban J connectivity index is 2.64. The highest BCUT2D eigenvalue weighted by atomic mass is 19.4. The van der Waals surface area contributed by atoms with Gasteiger partial charge in [-0.15, -0.1) is 0 Å². The number of allylic oxidation sites excluding steroid dienone is 1. The van der Waals surface area contributed by atoms with Gasteiger partial charge in [0.25, 0.3) is 0 Å². The van der Waals surface area contributed by atoms with E-state index < -0.39 is 23.5 Å². The SMILES string of the molecule is C=C(C)c1ccc(C(CC)(CC)OC(C)C(C)(O)C(F)(F)F)c2ccccc12. The molecule has 2 atom stereocenters. The summed E-state index contributed by atoms with van der Waals surface area (Å²) in [4.78, 5) is 0. The minimum atomic E-state index is -4.79. The van der Waals surface area contributed by atoms with Crippen LogP contribution < -0.4 is 0 Å². The molecule has 2 rings (SSSR count). The van der Waals surface area contributed by atoms with Crippen molar-refractivity contribution < 1.29 is 23.0 Å². The summed E-state index contributed by atoms with van der Waals surface area (Å²) in [6.45, 7) is 11.8. The van der Waals surface area contributed by atoms with Gasteiger partial charge in [-0.05, 0) is 55.5 Å². The monoisotopic (exact) mass is 394 g/mol. The highest BCUT2D eigenvalue weighted by molar-refractivity contribution is 5.95. The van der Waals surface area contributed by atoms with Gasteiger partial charge < -0.3 is 9.84 Å². The minimum absolute atomic E-state index is 0.470. The zero-order chi connectivity index (χ0) is 21.3. The summed E-state index contributed by atoms with van der Waals surface area (Å²) in [6, 6.07) is 11.6. The quantitative estimate of drug-likeness (QED) is 0.573. The van der Waals surface area contributed by atoms with E-state index in [1.54, 1.807) is 0 Å². The second-order valence-electron chi connectivity index (χ2n) is 7.59. The molecule has 0 aromatic heterocycles. The molecule has 0 fully saturated rings. The van der Waals surface area contributed by atoms with E-state index in [-0.39, 0.29) is 0 Å². The van der Waals surface area contributed by atoms with E-state index in [1.165, 1.54) is 6.92 Å². The van der Waals surface area contributed by atoms with Crippen LogP contribution in [0.3, 0.4) is 0 Å². The normalized spacial score (nSPS) is 16.0. The number of ether oxygens (including phenoxy) is 1. The third kappa shape index (κ3) is 3.83. The Morgan fingerprint density at radius 1 is 1.07 bits per heavy atom. The molecular weight excluding hydrogens is 365 g/mol. The van der Waals surface area contributed by atoms with Crippen LogP contribution in [0.4, 0.5) is 13.2 Å². The van der Waals surface area contributed by atoms with Crippen molar-refractivity contribution in [3.05, 3.63) is 54.1 Å². The van der Waals surface area contributed by atoms with Crippen molar-refractivity contribution in [2.45, 2.75) is 70.9 Å².